The Balaban J connectivity index is 1.99. The molecule has 0 amide bonds. The second kappa shape index (κ2) is 5.17. The molecule has 0 aliphatic rings. The molecule has 0 radical (unpaired) electrons. The lowest BCUT2D eigenvalue weighted by atomic mass is 10.2. The first-order chi connectivity index (χ1) is 7.74. The molecule has 2 rings (SSSR count). The van der Waals surface area contributed by atoms with Crippen molar-refractivity contribution in [2.24, 2.45) is 0 Å². The van der Waals surface area contributed by atoms with Gasteiger partial charge in [0.2, 0.25) is 0 Å². The van der Waals surface area contributed by atoms with Crippen molar-refractivity contribution < 1.29 is 4.39 Å². The van der Waals surface area contributed by atoms with Gasteiger partial charge in [0.1, 0.15) is 5.82 Å². The van der Waals surface area contributed by atoms with Crippen molar-refractivity contribution in [1.29, 1.82) is 0 Å². The fourth-order valence-electron chi connectivity index (χ4n) is 1.45. The van der Waals surface area contributed by atoms with Gasteiger partial charge < -0.3 is 0 Å². The summed E-state index contributed by atoms with van der Waals surface area (Å²) >= 11 is 1.77. The number of hydrogen-bond donors (Lipinski definition) is 0. The van der Waals surface area contributed by atoms with E-state index in [0.29, 0.717) is 0 Å². The highest BCUT2D eigenvalue weighted by atomic mass is 32.2. The van der Waals surface area contributed by atoms with Crippen molar-refractivity contribution in [3.63, 3.8) is 0 Å². The van der Waals surface area contributed by atoms with Crippen LogP contribution < -0.4 is 0 Å². The van der Waals surface area contributed by atoms with E-state index in [9.17, 15) is 4.39 Å². The van der Waals surface area contributed by atoms with Gasteiger partial charge in [0.15, 0.2) is 0 Å². The number of aryl methyl sites for hydroxylation is 1. The summed E-state index contributed by atoms with van der Waals surface area (Å²) in [5, 5.41) is 0. The molecule has 2 aromatic rings. The lowest BCUT2D eigenvalue weighted by Crippen LogP contribution is -1.82. The molecule has 0 aliphatic heterocycles. The van der Waals surface area contributed by atoms with E-state index in [-0.39, 0.29) is 5.82 Å². The molecular weight excluding hydrogens is 219 g/mol. The summed E-state index contributed by atoms with van der Waals surface area (Å²) in [7, 11) is 0. The first-order valence-corrected chi connectivity index (χ1v) is 6.16. The summed E-state index contributed by atoms with van der Waals surface area (Å²) in [6.45, 7) is 2.09. The van der Waals surface area contributed by atoms with Gasteiger partial charge in [-0.25, -0.2) is 4.39 Å². The summed E-state index contributed by atoms with van der Waals surface area (Å²) < 4.78 is 12.7. The maximum atomic E-state index is 12.7. The summed E-state index contributed by atoms with van der Waals surface area (Å²) in [6, 6.07) is 15.1. The summed E-state index contributed by atoms with van der Waals surface area (Å²) in [5.41, 5.74) is 2.41. The van der Waals surface area contributed by atoms with Crippen LogP contribution in [0.15, 0.2) is 53.4 Å². The molecule has 0 N–H and O–H groups in total. The minimum absolute atomic E-state index is 0.177. The fraction of sp³-hybridized carbons (Fsp3) is 0.143. The zero-order chi connectivity index (χ0) is 11.4. The van der Waals surface area contributed by atoms with E-state index in [1.807, 2.05) is 12.1 Å². The predicted octanol–water partition coefficient (Wildman–Crippen LogP) is 4.43. The molecule has 82 valence electrons. The number of halogens is 1. The Morgan fingerprint density at radius 1 is 1.06 bits per heavy atom. The van der Waals surface area contributed by atoms with Crippen LogP contribution in [0.2, 0.25) is 0 Å². The molecule has 0 fully saturated rings. The SMILES string of the molecule is Cc1cccc(SCc2ccc(F)cc2)c1. The van der Waals surface area contributed by atoms with Crippen LogP contribution >= 0.6 is 11.8 Å². The maximum Gasteiger partial charge on any atom is 0.123 e. The Kier molecular flexibility index (Phi) is 3.62. The van der Waals surface area contributed by atoms with E-state index in [1.165, 1.54) is 22.6 Å². The second-order valence-corrected chi connectivity index (χ2v) is 4.78. The molecule has 0 saturated heterocycles. The Bertz CT molecular complexity index is 462. The number of rotatable bonds is 3. The number of benzene rings is 2. The zero-order valence-corrected chi connectivity index (χ0v) is 9.93. The topological polar surface area (TPSA) is 0 Å². The average Bonchev–Trinajstić information content (AvgIpc) is 2.28. The minimum Gasteiger partial charge on any atom is -0.207 e. The van der Waals surface area contributed by atoms with Gasteiger partial charge in [0.25, 0.3) is 0 Å². The normalized spacial score (nSPS) is 10.4. The fourth-order valence-corrected chi connectivity index (χ4v) is 2.42. The van der Waals surface area contributed by atoms with Crippen molar-refractivity contribution in [2.45, 2.75) is 17.6 Å². The van der Waals surface area contributed by atoms with Crippen LogP contribution in [0.25, 0.3) is 0 Å². The van der Waals surface area contributed by atoms with Gasteiger partial charge in [0, 0.05) is 10.6 Å². The van der Waals surface area contributed by atoms with Crippen LogP contribution in [0.4, 0.5) is 4.39 Å². The quantitative estimate of drug-likeness (QED) is 0.706. The molecular formula is C14H13FS. The Morgan fingerprint density at radius 2 is 1.81 bits per heavy atom. The van der Waals surface area contributed by atoms with Crippen molar-refractivity contribution in [2.75, 3.05) is 0 Å². The maximum absolute atomic E-state index is 12.7. The van der Waals surface area contributed by atoms with Crippen LogP contribution in [0.1, 0.15) is 11.1 Å². The van der Waals surface area contributed by atoms with Crippen LogP contribution in [0.3, 0.4) is 0 Å². The third-order valence-electron chi connectivity index (χ3n) is 2.31. The van der Waals surface area contributed by atoms with Gasteiger partial charge in [-0.3, -0.25) is 0 Å². The van der Waals surface area contributed by atoms with E-state index in [4.69, 9.17) is 0 Å². The summed E-state index contributed by atoms with van der Waals surface area (Å²) in [4.78, 5) is 1.25. The summed E-state index contributed by atoms with van der Waals surface area (Å²) in [6.07, 6.45) is 0. The monoisotopic (exact) mass is 232 g/mol. The van der Waals surface area contributed by atoms with E-state index in [1.54, 1.807) is 11.8 Å². The zero-order valence-electron chi connectivity index (χ0n) is 9.11. The van der Waals surface area contributed by atoms with Crippen LogP contribution in [0.5, 0.6) is 0 Å². The Labute approximate surface area is 99.5 Å². The van der Waals surface area contributed by atoms with Gasteiger partial charge in [-0.1, -0.05) is 29.8 Å². The highest BCUT2D eigenvalue weighted by Gasteiger charge is 1.97. The molecule has 0 aliphatic carbocycles. The van der Waals surface area contributed by atoms with Crippen molar-refractivity contribution >= 4 is 11.8 Å². The lowest BCUT2D eigenvalue weighted by molar-refractivity contribution is 0.627. The highest BCUT2D eigenvalue weighted by molar-refractivity contribution is 7.98. The molecule has 0 heterocycles. The number of thioether (sulfide) groups is 1. The standard InChI is InChI=1S/C14H13FS/c1-11-3-2-4-14(9-11)16-10-12-5-7-13(15)8-6-12/h2-9H,10H2,1H3. The molecule has 0 aromatic heterocycles. The van der Waals surface area contributed by atoms with E-state index >= 15 is 0 Å². The third kappa shape index (κ3) is 3.11. The van der Waals surface area contributed by atoms with Gasteiger partial charge in [0.05, 0.1) is 0 Å². The molecule has 0 spiro atoms. The predicted molar refractivity (Wildman–Crippen MR) is 67.1 cm³/mol. The first kappa shape index (κ1) is 11.2. The van der Waals surface area contributed by atoms with Crippen LogP contribution in [-0.2, 0) is 5.75 Å². The Hall–Kier alpha value is -1.28. The molecule has 0 bridgehead atoms. The molecule has 0 unspecified atom stereocenters. The van der Waals surface area contributed by atoms with Crippen LogP contribution in [0, 0.1) is 12.7 Å². The highest BCUT2D eigenvalue weighted by Crippen LogP contribution is 2.23. The van der Waals surface area contributed by atoms with E-state index in [2.05, 4.69) is 31.2 Å². The molecule has 0 saturated carbocycles. The van der Waals surface area contributed by atoms with Gasteiger partial charge >= 0.3 is 0 Å². The van der Waals surface area contributed by atoms with Crippen molar-refractivity contribution in [3.05, 3.63) is 65.5 Å². The minimum atomic E-state index is -0.177. The van der Waals surface area contributed by atoms with Crippen molar-refractivity contribution in [1.82, 2.24) is 0 Å². The second-order valence-electron chi connectivity index (χ2n) is 3.73. The molecule has 0 atom stereocenters. The van der Waals surface area contributed by atoms with E-state index < -0.39 is 0 Å². The van der Waals surface area contributed by atoms with Crippen molar-refractivity contribution in [3.8, 4) is 0 Å². The smallest absolute Gasteiger partial charge is 0.123 e. The largest absolute Gasteiger partial charge is 0.207 e. The molecule has 2 heteroatoms. The van der Waals surface area contributed by atoms with Crippen LogP contribution in [-0.4, -0.2) is 0 Å². The molecule has 2 aromatic carbocycles. The third-order valence-corrected chi connectivity index (χ3v) is 3.37. The first-order valence-electron chi connectivity index (χ1n) is 5.18. The van der Waals surface area contributed by atoms with Gasteiger partial charge in [-0.2, -0.15) is 0 Å². The van der Waals surface area contributed by atoms with E-state index in [0.717, 1.165) is 11.3 Å². The Morgan fingerprint density at radius 3 is 2.50 bits per heavy atom. The molecule has 16 heavy (non-hydrogen) atoms. The van der Waals surface area contributed by atoms with Gasteiger partial charge in [-0.15, -0.1) is 11.8 Å². The molecule has 0 nitrogen and oxygen atoms in total. The lowest BCUT2D eigenvalue weighted by Gasteiger charge is -2.03. The summed E-state index contributed by atoms with van der Waals surface area (Å²) in [5.74, 6) is 0.702. The number of hydrogen-bond acceptors (Lipinski definition) is 1. The van der Waals surface area contributed by atoms with Gasteiger partial charge in [-0.05, 0) is 36.8 Å². The average molecular weight is 232 g/mol.